The zero-order valence-electron chi connectivity index (χ0n) is 8.24. The lowest BCUT2D eigenvalue weighted by molar-refractivity contribution is 0.586. The van der Waals surface area contributed by atoms with Gasteiger partial charge in [0.1, 0.15) is 0 Å². The van der Waals surface area contributed by atoms with Crippen molar-refractivity contribution in [3.8, 4) is 0 Å². The Morgan fingerprint density at radius 3 is 2.77 bits per heavy atom. The van der Waals surface area contributed by atoms with Crippen molar-refractivity contribution in [2.75, 3.05) is 11.9 Å². The van der Waals surface area contributed by atoms with E-state index >= 15 is 0 Å². The second kappa shape index (κ2) is 2.74. The van der Waals surface area contributed by atoms with Gasteiger partial charge in [0.25, 0.3) is 0 Å². The van der Waals surface area contributed by atoms with E-state index in [-0.39, 0.29) is 5.41 Å². The van der Waals surface area contributed by atoms with Crippen LogP contribution in [-0.2, 0) is 5.41 Å². The summed E-state index contributed by atoms with van der Waals surface area (Å²) in [6, 6.07) is 4.38. The lowest BCUT2D eigenvalue weighted by Crippen LogP contribution is -2.18. The molecular formula is C11H14BrN. The van der Waals surface area contributed by atoms with E-state index in [0.29, 0.717) is 0 Å². The highest BCUT2D eigenvalue weighted by Crippen LogP contribution is 2.39. The highest BCUT2D eigenvalue weighted by Gasteiger charge is 2.30. The number of anilines is 1. The summed E-state index contributed by atoms with van der Waals surface area (Å²) in [4.78, 5) is 0. The molecule has 0 saturated heterocycles. The molecule has 1 aliphatic rings. The molecule has 13 heavy (non-hydrogen) atoms. The molecule has 0 radical (unpaired) electrons. The standard InChI is InChI=1S/C11H14BrN/c1-7-4-8(12)5-9-10(7)13-6-11(9,2)3/h4-5,13H,6H2,1-3H3. The van der Waals surface area contributed by atoms with Crippen LogP contribution < -0.4 is 5.32 Å². The molecule has 1 aliphatic heterocycles. The monoisotopic (exact) mass is 239 g/mol. The van der Waals surface area contributed by atoms with Crippen molar-refractivity contribution >= 4 is 21.6 Å². The third-order valence-electron chi connectivity index (χ3n) is 2.74. The molecule has 0 atom stereocenters. The van der Waals surface area contributed by atoms with Crippen LogP contribution >= 0.6 is 15.9 Å². The lowest BCUT2D eigenvalue weighted by atomic mass is 9.86. The molecule has 1 heterocycles. The molecule has 0 saturated carbocycles. The van der Waals surface area contributed by atoms with Gasteiger partial charge < -0.3 is 5.32 Å². The van der Waals surface area contributed by atoms with Gasteiger partial charge in [-0.05, 0) is 30.2 Å². The van der Waals surface area contributed by atoms with Crippen molar-refractivity contribution in [2.45, 2.75) is 26.2 Å². The maximum atomic E-state index is 3.54. The molecule has 1 nitrogen and oxygen atoms in total. The van der Waals surface area contributed by atoms with Crippen LogP contribution in [0.1, 0.15) is 25.0 Å². The number of nitrogens with one attached hydrogen (secondary N) is 1. The summed E-state index contributed by atoms with van der Waals surface area (Å²) in [7, 11) is 0. The fraction of sp³-hybridized carbons (Fsp3) is 0.455. The minimum Gasteiger partial charge on any atom is -0.384 e. The first-order valence-electron chi connectivity index (χ1n) is 4.55. The fourth-order valence-corrected chi connectivity index (χ4v) is 2.49. The minimum atomic E-state index is 0.268. The molecule has 0 unspecified atom stereocenters. The smallest absolute Gasteiger partial charge is 0.0409 e. The van der Waals surface area contributed by atoms with E-state index in [9.17, 15) is 0 Å². The average Bonchev–Trinajstić information content (AvgIpc) is 2.28. The number of hydrogen-bond donors (Lipinski definition) is 1. The number of aryl methyl sites for hydroxylation is 1. The summed E-state index contributed by atoms with van der Waals surface area (Å²) < 4.78 is 1.18. The predicted octanol–water partition coefficient (Wildman–Crippen LogP) is 3.46. The minimum absolute atomic E-state index is 0.268. The summed E-state index contributed by atoms with van der Waals surface area (Å²) in [5.41, 5.74) is 4.35. The van der Waals surface area contributed by atoms with Crippen molar-refractivity contribution in [1.82, 2.24) is 0 Å². The lowest BCUT2D eigenvalue weighted by Gasteiger charge is -2.17. The summed E-state index contributed by atoms with van der Waals surface area (Å²) in [5, 5.41) is 3.47. The second-order valence-electron chi connectivity index (χ2n) is 4.38. The molecule has 0 aliphatic carbocycles. The van der Waals surface area contributed by atoms with Gasteiger partial charge in [0.15, 0.2) is 0 Å². The molecular weight excluding hydrogens is 226 g/mol. The highest BCUT2D eigenvalue weighted by molar-refractivity contribution is 9.10. The maximum absolute atomic E-state index is 3.54. The Kier molecular flexibility index (Phi) is 1.91. The molecule has 0 spiro atoms. The van der Waals surface area contributed by atoms with Gasteiger partial charge >= 0.3 is 0 Å². The van der Waals surface area contributed by atoms with Crippen LogP contribution in [0.2, 0.25) is 0 Å². The number of halogens is 1. The van der Waals surface area contributed by atoms with Crippen LogP contribution in [0.3, 0.4) is 0 Å². The summed E-state index contributed by atoms with van der Waals surface area (Å²) in [6.45, 7) is 7.74. The summed E-state index contributed by atoms with van der Waals surface area (Å²) in [6.07, 6.45) is 0. The number of fused-ring (bicyclic) bond motifs is 1. The van der Waals surface area contributed by atoms with E-state index in [4.69, 9.17) is 0 Å². The van der Waals surface area contributed by atoms with Crippen molar-refractivity contribution in [2.24, 2.45) is 0 Å². The maximum Gasteiger partial charge on any atom is 0.0409 e. The van der Waals surface area contributed by atoms with Crippen LogP contribution in [0, 0.1) is 6.92 Å². The van der Waals surface area contributed by atoms with Crippen LogP contribution in [0.15, 0.2) is 16.6 Å². The van der Waals surface area contributed by atoms with E-state index in [2.05, 4.69) is 54.2 Å². The Labute approximate surface area is 87.7 Å². The van der Waals surface area contributed by atoms with Gasteiger partial charge in [-0.15, -0.1) is 0 Å². The Balaban J connectivity index is 2.65. The summed E-state index contributed by atoms with van der Waals surface area (Å²) >= 11 is 3.54. The molecule has 70 valence electrons. The first-order valence-corrected chi connectivity index (χ1v) is 5.34. The molecule has 2 heteroatoms. The van der Waals surface area contributed by atoms with Gasteiger partial charge in [-0.1, -0.05) is 29.8 Å². The third-order valence-corrected chi connectivity index (χ3v) is 3.19. The highest BCUT2D eigenvalue weighted by atomic mass is 79.9. The molecule has 1 N–H and O–H groups in total. The van der Waals surface area contributed by atoms with E-state index in [1.54, 1.807) is 0 Å². The van der Waals surface area contributed by atoms with Crippen molar-refractivity contribution in [3.05, 3.63) is 27.7 Å². The van der Waals surface area contributed by atoms with E-state index in [1.807, 2.05) is 0 Å². The first kappa shape index (κ1) is 9.07. The topological polar surface area (TPSA) is 12.0 Å². The van der Waals surface area contributed by atoms with Crippen LogP contribution in [0.5, 0.6) is 0 Å². The van der Waals surface area contributed by atoms with Gasteiger partial charge in [-0.25, -0.2) is 0 Å². The Hall–Kier alpha value is -0.500. The van der Waals surface area contributed by atoms with Gasteiger partial charge in [-0.2, -0.15) is 0 Å². The Bertz CT molecular complexity index is 355. The third kappa shape index (κ3) is 1.37. The van der Waals surface area contributed by atoms with E-state index in [0.717, 1.165) is 6.54 Å². The molecule has 0 bridgehead atoms. The zero-order valence-corrected chi connectivity index (χ0v) is 9.83. The SMILES string of the molecule is Cc1cc(Br)cc2c1NCC2(C)C. The normalized spacial score (nSPS) is 18.2. The quantitative estimate of drug-likeness (QED) is 0.732. The Morgan fingerprint density at radius 1 is 1.38 bits per heavy atom. The van der Waals surface area contributed by atoms with Gasteiger partial charge in [0.2, 0.25) is 0 Å². The van der Waals surface area contributed by atoms with E-state index in [1.165, 1.54) is 21.3 Å². The Morgan fingerprint density at radius 2 is 2.08 bits per heavy atom. The first-order chi connectivity index (χ1) is 6.00. The van der Waals surface area contributed by atoms with Gasteiger partial charge in [0, 0.05) is 22.1 Å². The molecule has 1 aromatic carbocycles. The van der Waals surface area contributed by atoms with Crippen LogP contribution in [-0.4, -0.2) is 6.54 Å². The molecule has 2 rings (SSSR count). The van der Waals surface area contributed by atoms with Crippen molar-refractivity contribution < 1.29 is 0 Å². The fourth-order valence-electron chi connectivity index (χ4n) is 1.92. The number of benzene rings is 1. The average molecular weight is 240 g/mol. The van der Waals surface area contributed by atoms with Crippen LogP contribution in [0.25, 0.3) is 0 Å². The van der Waals surface area contributed by atoms with E-state index < -0.39 is 0 Å². The number of rotatable bonds is 0. The molecule has 1 aromatic rings. The molecule has 0 fully saturated rings. The zero-order chi connectivity index (χ0) is 9.64. The van der Waals surface area contributed by atoms with Crippen LogP contribution in [0.4, 0.5) is 5.69 Å². The molecule has 0 aromatic heterocycles. The van der Waals surface area contributed by atoms with Crippen molar-refractivity contribution in [1.29, 1.82) is 0 Å². The predicted molar refractivity (Wildman–Crippen MR) is 60.4 cm³/mol. The van der Waals surface area contributed by atoms with Gasteiger partial charge in [0.05, 0.1) is 0 Å². The van der Waals surface area contributed by atoms with Crippen molar-refractivity contribution in [3.63, 3.8) is 0 Å². The summed E-state index contributed by atoms with van der Waals surface area (Å²) in [5.74, 6) is 0. The molecule has 0 amide bonds. The second-order valence-corrected chi connectivity index (χ2v) is 5.30. The largest absolute Gasteiger partial charge is 0.384 e. The number of hydrogen-bond acceptors (Lipinski definition) is 1. The van der Waals surface area contributed by atoms with Gasteiger partial charge in [-0.3, -0.25) is 0 Å².